The van der Waals surface area contributed by atoms with Crippen LogP contribution in [0.15, 0.2) is 42.9 Å². The SMILES string of the molecule is O=C(CC[C@@H]1CCCN(c2ncccn2)C1)N1CCN(c2ccccn2)CC1. The maximum absolute atomic E-state index is 12.7. The van der Waals surface area contributed by atoms with Crippen LogP contribution in [0, 0.1) is 5.92 Å². The summed E-state index contributed by atoms with van der Waals surface area (Å²) in [6.07, 6.45) is 9.31. The van der Waals surface area contributed by atoms with Gasteiger partial charge in [-0.15, -0.1) is 0 Å². The van der Waals surface area contributed by atoms with E-state index in [4.69, 9.17) is 0 Å². The highest BCUT2D eigenvalue weighted by Gasteiger charge is 2.25. The molecule has 148 valence electrons. The van der Waals surface area contributed by atoms with Crippen LogP contribution in [0.25, 0.3) is 0 Å². The number of aromatic nitrogens is 3. The van der Waals surface area contributed by atoms with Gasteiger partial charge in [0.05, 0.1) is 0 Å². The first-order valence-corrected chi connectivity index (χ1v) is 10.3. The molecule has 1 amide bonds. The van der Waals surface area contributed by atoms with E-state index in [0.29, 0.717) is 12.3 Å². The second-order valence-corrected chi connectivity index (χ2v) is 7.60. The van der Waals surface area contributed by atoms with Gasteiger partial charge in [-0.05, 0) is 43.4 Å². The highest BCUT2D eigenvalue weighted by Crippen LogP contribution is 2.24. The minimum atomic E-state index is 0.286. The van der Waals surface area contributed by atoms with Crippen molar-refractivity contribution in [3.8, 4) is 0 Å². The molecule has 2 fully saturated rings. The average Bonchev–Trinajstić information content (AvgIpc) is 2.79. The molecular formula is C21H28N6O. The van der Waals surface area contributed by atoms with Crippen molar-refractivity contribution in [2.45, 2.75) is 25.7 Å². The van der Waals surface area contributed by atoms with Gasteiger partial charge in [0.1, 0.15) is 5.82 Å². The number of piperazine rings is 1. The lowest BCUT2D eigenvalue weighted by Gasteiger charge is -2.36. The van der Waals surface area contributed by atoms with Crippen molar-refractivity contribution in [1.29, 1.82) is 0 Å². The van der Waals surface area contributed by atoms with Crippen molar-refractivity contribution in [2.75, 3.05) is 49.1 Å². The molecule has 0 aliphatic carbocycles. The molecule has 2 aliphatic heterocycles. The van der Waals surface area contributed by atoms with Gasteiger partial charge in [0.25, 0.3) is 0 Å². The fraction of sp³-hybridized carbons (Fsp3) is 0.524. The largest absolute Gasteiger partial charge is 0.353 e. The zero-order chi connectivity index (χ0) is 19.2. The number of hydrogen-bond acceptors (Lipinski definition) is 6. The number of rotatable bonds is 5. The first kappa shape index (κ1) is 18.7. The smallest absolute Gasteiger partial charge is 0.225 e. The molecule has 0 aromatic carbocycles. The maximum atomic E-state index is 12.7. The van der Waals surface area contributed by atoms with Gasteiger partial charge in [0.15, 0.2) is 0 Å². The third-order valence-corrected chi connectivity index (χ3v) is 5.73. The van der Waals surface area contributed by atoms with E-state index in [2.05, 4.69) is 24.8 Å². The number of carbonyl (C=O) groups is 1. The van der Waals surface area contributed by atoms with Crippen molar-refractivity contribution in [3.05, 3.63) is 42.9 Å². The molecule has 1 atom stereocenters. The molecule has 28 heavy (non-hydrogen) atoms. The number of anilines is 2. The fourth-order valence-electron chi connectivity index (χ4n) is 4.15. The van der Waals surface area contributed by atoms with E-state index in [1.807, 2.05) is 35.4 Å². The topological polar surface area (TPSA) is 65.5 Å². The first-order valence-electron chi connectivity index (χ1n) is 10.3. The molecule has 2 aromatic rings. The molecule has 0 saturated carbocycles. The summed E-state index contributed by atoms with van der Waals surface area (Å²) < 4.78 is 0. The summed E-state index contributed by atoms with van der Waals surface area (Å²) in [5.74, 6) is 2.63. The molecule has 0 radical (unpaired) electrons. The molecule has 2 aliphatic rings. The molecule has 0 N–H and O–H groups in total. The lowest BCUT2D eigenvalue weighted by molar-refractivity contribution is -0.131. The number of hydrogen-bond donors (Lipinski definition) is 0. The Morgan fingerprint density at radius 3 is 2.46 bits per heavy atom. The molecule has 7 nitrogen and oxygen atoms in total. The summed E-state index contributed by atoms with van der Waals surface area (Å²) in [5.41, 5.74) is 0. The van der Waals surface area contributed by atoms with Crippen LogP contribution >= 0.6 is 0 Å². The summed E-state index contributed by atoms with van der Waals surface area (Å²) >= 11 is 0. The quantitative estimate of drug-likeness (QED) is 0.792. The van der Waals surface area contributed by atoms with Gasteiger partial charge in [0, 0.05) is 64.3 Å². The highest BCUT2D eigenvalue weighted by atomic mass is 16.2. The predicted molar refractivity (Wildman–Crippen MR) is 109 cm³/mol. The molecule has 7 heteroatoms. The van der Waals surface area contributed by atoms with Crippen molar-refractivity contribution >= 4 is 17.7 Å². The van der Waals surface area contributed by atoms with Gasteiger partial charge in [-0.25, -0.2) is 15.0 Å². The van der Waals surface area contributed by atoms with Gasteiger partial charge < -0.3 is 14.7 Å². The van der Waals surface area contributed by atoms with Crippen LogP contribution in [-0.4, -0.2) is 65.0 Å². The normalized spacial score (nSPS) is 20.3. The van der Waals surface area contributed by atoms with Gasteiger partial charge in [-0.1, -0.05) is 6.07 Å². The molecule has 4 rings (SSSR count). The second-order valence-electron chi connectivity index (χ2n) is 7.60. The van der Waals surface area contributed by atoms with Gasteiger partial charge in [-0.3, -0.25) is 4.79 Å². The summed E-state index contributed by atoms with van der Waals surface area (Å²) in [7, 11) is 0. The molecule has 2 aromatic heterocycles. The Kier molecular flexibility index (Phi) is 5.99. The van der Waals surface area contributed by atoms with Crippen LogP contribution in [0.5, 0.6) is 0 Å². The van der Waals surface area contributed by atoms with E-state index in [9.17, 15) is 4.79 Å². The van der Waals surface area contributed by atoms with Crippen molar-refractivity contribution in [3.63, 3.8) is 0 Å². The Hall–Kier alpha value is -2.70. The zero-order valence-corrected chi connectivity index (χ0v) is 16.3. The highest BCUT2D eigenvalue weighted by molar-refractivity contribution is 5.76. The maximum Gasteiger partial charge on any atom is 0.225 e. The summed E-state index contributed by atoms with van der Waals surface area (Å²) in [6, 6.07) is 7.81. The third-order valence-electron chi connectivity index (χ3n) is 5.73. The molecule has 2 saturated heterocycles. The lowest BCUT2D eigenvalue weighted by atomic mass is 9.93. The van der Waals surface area contributed by atoms with Gasteiger partial charge in [-0.2, -0.15) is 0 Å². The standard InChI is InChI=1S/C21H28N6O/c28-20(26-15-13-25(14-16-26)19-6-1-2-9-22-19)8-7-18-5-3-12-27(17-18)21-23-10-4-11-24-21/h1-2,4,6,9-11,18H,3,5,7-8,12-17H2/t18-/m0/s1. The monoisotopic (exact) mass is 380 g/mol. The average molecular weight is 380 g/mol. The predicted octanol–water partition coefficient (Wildman–Crippen LogP) is 2.22. The second kappa shape index (κ2) is 8.99. The number of amides is 1. The number of carbonyl (C=O) groups excluding carboxylic acids is 1. The molecule has 0 spiro atoms. The van der Waals surface area contributed by atoms with Crippen molar-refractivity contribution in [2.24, 2.45) is 5.92 Å². The Morgan fingerprint density at radius 1 is 0.929 bits per heavy atom. The third kappa shape index (κ3) is 4.58. The molecule has 4 heterocycles. The van der Waals surface area contributed by atoms with E-state index < -0.39 is 0 Å². The molecule has 0 bridgehead atoms. The van der Waals surface area contributed by atoms with Crippen LogP contribution in [0.1, 0.15) is 25.7 Å². The molecule has 0 unspecified atom stereocenters. The van der Waals surface area contributed by atoms with E-state index in [-0.39, 0.29) is 5.91 Å². The minimum absolute atomic E-state index is 0.286. The van der Waals surface area contributed by atoms with Crippen LogP contribution in [0.2, 0.25) is 0 Å². The number of piperidine rings is 1. The van der Waals surface area contributed by atoms with E-state index in [0.717, 1.165) is 63.9 Å². The van der Waals surface area contributed by atoms with Gasteiger partial charge in [0.2, 0.25) is 11.9 Å². The Bertz CT molecular complexity index is 748. The summed E-state index contributed by atoms with van der Waals surface area (Å²) in [5, 5.41) is 0. The van der Waals surface area contributed by atoms with Crippen molar-refractivity contribution in [1.82, 2.24) is 19.9 Å². The number of nitrogens with zero attached hydrogens (tertiary/aromatic N) is 6. The van der Waals surface area contributed by atoms with E-state index in [1.165, 1.54) is 6.42 Å². The van der Waals surface area contributed by atoms with E-state index in [1.54, 1.807) is 12.4 Å². The van der Waals surface area contributed by atoms with Crippen LogP contribution in [-0.2, 0) is 4.79 Å². The van der Waals surface area contributed by atoms with E-state index >= 15 is 0 Å². The Morgan fingerprint density at radius 2 is 1.71 bits per heavy atom. The summed E-state index contributed by atoms with van der Waals surface area (Å²) in [6.45, 7) is 5.22. The first-order chi connectivity index (χ1) is 13.8. The van der Waals surface area contributed by atoms with Gasteiger partial charge >= 0.3 is 0 Å². The van der Waals surface area contributed by atoms with Crippen molar-refractivity contribution < 1.29 is 4.79 Å². The lowest BCUT2D eigenvalue weighted by Crippen LogP contribution is -2.49. The molecular weight excluding hydrogens is 352 g/mol. The fourth-order valence-corrected chi connectivity index (χ4v) is 4.15. The number of pyridine rings is 1. The minimum Gasteiger partial charge on any atom is -0.353 e. The van der Waals surface area contributed by atoms with Crippen LogP contribution in [0.4, 0.5) is 11.8 Å². The summed E-state index contributed by atoms with van der Waals surface area (Å²) in [4.78, 5) is 32.4. The Labute approximate surface area is 166 Å². The Balaban J connectivity index is 1.22. The zero-order valence-electron chi connectivity index (χ0n) is 16.3. The van der Waals surface area contributed by atoms with Crippen LogP contribution in [0.3, 0.4) is 0 Å². The van der Waals surface area contributed by atoms with Crippen LogP contribution < -0.4 is 9.80 Å².